The van der Waals surface area contributed by atoms with Crippen molar-refractivity contribution in [2.24, 2.45) is 0 Å². The molecular formula is C24H27N3O5S. The molecule has 0 spiro atoms. The number of benzene rings is 2. The minimum Gasteiger partial charge on any atom is -0.456 e. The molecule has 1 aromatic heterocycles. The first-order valence-corrected chi connectivity index (χ1v) is 12.5. The second-order valence-electron chi connectivity index (χ2n) is 8.04. The Morgan fingerprint density at radius 2 is 1.64 bits per heavy atom. The molecule has 0 radical (unpaired) electrons. The van der Waals surface area contributed by atoms with Crippen molar-refractivity contribution in [1.82, 2.24) is 14.2 Å². The number of amides is 1. The standard InChI is InChI=1S/C24H27N3O5S/c28-23(17-32-24(29)11-10-20-16-25-22-9-5-4-8-21(20)22)26-12-14-27(15-13-26)33(30,31)18-19-6-2-1-3-7-19/h1-9,16,25H,10-15,17-18H2. The highest BCUT2D eigenvalue weighted by molar-refractivity contribution is 7.88. The predicted molar refractivity (Wildman–Crippen MR) is 125 cm³/mol. The Kier molecular flexibility index (Phi) is 7.10. The summed E-state index contributed by atoms with van der Waals surface area (Å²) in [4.78, 5) is 29.3. The van der Waals surface area contributed by atoms with Gasteiger partial charge in [-0.25, -0.2) is 8.42 Å². The molecule has 1 fully saturated rings. The number of fused-ring (bicyclic) bond motifs is 1. The highest BCUT2D eigenvalue weighted by Gasteiger charge is 2.29. The van der Waals surface area contributed by atoms with Gasteiger partial charge in [-0.05, 0) is 23.6 Å². The monoisotopic (exact) mass is 469 g/mol. The number of esters is 1. The molecule has 0 atom stereocenters. The number of piperazine rings is 1. The number of rotatable bonds is 8. The average molecular weight is 470 g/mol. The van der Waals surface area contributed by atoms with Crippen LogP contribution in [0.3, 0.4) is 0 Å². The quantitative estimate of drug-likeness (QED) is 0.511. The van der Waals surface area contributed by atoms with Crippen LogP contribution in [0.1, 0.15) is 17.5 Å². The lowest BCUT2D eigenvalue weighted by Gasteiger charge is -2.33. The molecule has 3 aromatic rings. The number of aromatic nitrogens is 1. The van der Waals surface area contributed by atoms with Crippen LogP contribution in [0, 0.1) is 0 Å². The first-order valence-electron chi connectivity index (χ1n) is 10.9. The second kappa shape index (κ2) is 10.2. The van der Waals surface area contributed by atoms with Gasteiger partial charge in [-0.15, -0.1) is 0 Å². The molecule has 8 nitrogen and oxygen atoms in total. The van der Waals surface area contributed by atoms with Gasteiger partial charge in [0.25, 0.3) is 5.91 Å². The molecule has 4 rings (SSSR count). The smallest absolute Gasteiger partial charge is 0.306 e. The van der Waals surface area contributed by atoms with Crippen LogP contribution in [0.25, 0.3) is 10.9 Å². The van der Waals surface area contributed by atoms with Crippen molar-refractivity contribution in [3.63, 3.8) is 0 Å². The molecule has 0 saturated carbocycles. The molecule has 1 amide bonds. The summed E-state index contributed by atoms with van der Waals surface area (Å²) in [6.07, 6.45) is 2.59. The maximum absolute atomic E-state index is 12.6. The highest BCUT2D eigenvalue weighted by atomic mass is 32.2. The summed E-state index contributed by atoms with van der Waals surface area (Å²) >= 11 is 0. The SMILES string of the molecule is O=C(CCc1c[nH]c2ccccc12)OCC(=O)N1CCN(S(=O)(=O)Cc2ccccc2)CC1. The van der Waals surface area contributed by atoms with Gasteiger partial charge in [0.2, 0.25) is 10.0 Å². The summed E-state index contributed by atoms with van der Waals surface area (Å²) in [5.41, 5.74) is 2.78. The van der Waals surface area contributed by atoms with Gasteiger partial charge in [-0.3, -0.25) is 9.59 Å². The Balaban J connectivity index is 1.20. The van der Waals surface area contributed by atoms with E-state index in [1.54, 1.807) is 17.0 Å². The van der Waals surface area contributed by atoms with Crippen LogP contribution in [0.2, 0.25) is 0 Å². The normalized spacial score (nSPS) is 15.0. The maximum Gasteiger partial charge on any atom is 0.306 e. The number of nitrogens with zero attached hydrogens (tertiary/aromatic N) is 2. The van der Waals surface area contributed by atoms with Gasteiger partial charge in [0.1, 0.15) is 0 Å². The molecule has 174 valence electrons. The number of sulfonamides is 1. The summed E-state index contributed by atoms with van der Waals surface area (Å²) < 4.78 is 31.9. The van der Waals surface area contributed by atoms with E-state index in [1.807, 2.05) is 48.7 Å². The Labute approximate surface area is 193 Å². The molecule has 0 unspecified atom stereocenters. The summed E-state index contributed by atoms with van der Waals surface area (Å²) in [5.74, 6) is -0.802. The third kappa shape index (κ3) is 5.80. The van der Waals surface area contributed by atoms with Gasteiger partial charge in [0.15, 0.2) is 6.61 Å². The van der Waals surface area contributed by atoms with Gasteiger partial charge >= 0.3 is 5.97 Å². The minimum absolute atomic E-state index is 0.0597. The first-order chi connectivity index (χ1) is 15.9. The van der Waals surface area contributed by atoms with Gasteiger partial charge < -0.3 is 14.6 Å². The van der Waals surface area contributed by atoms with Crippen molar-refractivity contribution < 1.29 is 22.7 Å². The first kappa shape index (κ1) is 23.0. The van der Waals surface area contributed by atoms with Gasteiger partial charge in [-0.2, -0.15) is 4.31 Å². The van der Waals surface area contributed by atoms with E-state index in [0.29, 0.717) is 6.42 Å². The number of hydrogen-bond acceptors (Lipinski definition) is 5. The molecule has 2 heterocycles. The van der Waals surface area contributed by atoms with Crippen molar-refractivity contribution in [3.05, 3.63) is 71.9 Å². The van der Waals surface area contributed by atoms with E-state index in [9.17, 15) is 18.0 Å². The molecule has 0 bridgehead atoms. The maximum atomic E-state index is 12.6. The van der Waals surface area contributed by atoms with E-state index in [1.165, 1.54) is 4.31 Å². The van der Waals surface area contributed by atoms with Crippen LogP contribution in [-0.4, -0.2) is 67.3 Å². The molecule has 2 aromatic carbocycles. The third-order valence-electron chi connectivity index (χ3n) is 5.81. The van der Waals surface area contributed by atoms with E-state index in [0.717, 1.165) is 22.0 Å². The summed E-state index contributed by atoms with van der Waals surface area (Å²) in [6, 6.07) is 16.9. The molecule has 1 saturated heterocycles. The molecule has 1 N–H and O–H groups in total. The number of carbonyl (C=O) groups excluding carboxylic acids is 2. The van der Waals surface area contributed by atoms with Crippen LogP contribution in [0.4, 0.5) is 0 Å². The Morgan fingerprint density at radius 3 is 2.39 bits per heavy atom. The largest absolute Gasteiger partial charge is 0.456 e. The van der Waals surface area contributed by atoms with Crippen molar-refractivity contribution in [3.8, 4) is 0 Å². The summed E-state index contributed by atoms with van der Waals surface area (Å²) in [7, 11) is -3.45. The topological polar surface area (TPSA) is 99.8 Å². The summed E-state index contributed by atoms with van der Waals surface area (Å²) in [5, 5.41) is 1.07. The Morgan fingerprint density at radius 1 is 0.939 bits per heavy atom. The zero-order valence-electron chi connectivity index (χ0n) is 18.3. The zero-order chi connectivity index (χ0) is 23.3. The average Bonchev–Trinajstić information content (AvgIpc) is 3.25. The highest BCUT2D eigenvalue weighted by Crippen LogP contribution is 2.19. The fraction of sp³-hybridized carbons (Fsp3) is 0.333. The molecule has 1 aliphatic heterocycles. The van der Waals surface area contributed by atoms with Gasteiger partial charge in [0, 0.05) is 49.7 Å². The van der Waals surface area contributed by atoms with Crippen molar-refractivity contribution in [1.29, 1.82) is 0 Å². The van der Waals surface area contributed by atoms with Gasteiger partial charge in [0.05, 0.1) is 5.75 Å². The fourth-order valence-corrected chi connectivity index (χ4v) is 5.49. The van der Waals surface area contributed by atoms with E-state index in [2.05, 4.69) is 4.98 Å². The van der Waals surface area contributed by atoms with Crippen LogP contribution in [0.5, 0.6) is 0 Å². The number of aryl methyl sites for hydroxylation is 1. The fourth-order valence-electron chi connectivity index (χ4n) is 3.97. The molecule has 0 aliphatic carbocycles. The second-order valence-corrected chi connectivity index (χ2v) is 10.0. The minimum atomic E-state index is -3.45. The van der Waals surface area contributed by atoms with Crippen LogP contribution >= 0.6 is 0 Å². The van der Waals surface area contributed by atoms with Crippen LogP contribution in [-0.2, 0) is 36.5 Å². The Bertz CT molecular complexity index is 1220. The van der Waals surface area contributed by atoms with E-state index in [-0.39, 0.29) is 50.9 Å². The van der Waals surface area contributed by atoms with E-state index in [4.69, 9.17) is 4.74 Å². The number of hydrogen-bond donors (Lipinski definition) is 1. The van der Waals surface area contributed by atoms with Crippen molar-refractivity contribution in [2.45, 2.75) is 18.6 Å². The molecular weight excluding hydrogens is 442 g/mol. The Hall–Kier alpha value is -3.17. The van der Waals surface area contributed by atoms with Crippen LogP contribution in [0.15, 0.2) is 60.8 Å². The number of nitrogens with one attached hydrogen (secondary N) is 1. The number of para-hydroxylation sites is 1. The zero-order valence-corrected chi connectivity index (χ0v) is 19.1. The number of carbonyl (C=O) groups is 2. The number of aromatic amines is 1. The number of ether oxygens (including phenoxy) is 1. The molecule has 9 heteroatoms. The van der Waals surface area contributed by atoms with Crippen LogP contribution < -0.4 is 0 Å². The lowest BCUT2D eigenvalue weighted by atomic mass is 10.1. The lowest BCUT2D eigenvalue weighted by molar-refractivity contribution is -0.152. The number of H-pyrrole nitrogens is 1. The summed E-state index contributed by atoms with van der Waals surface area (Å²) in [6.45, 7) is 0.688. The lowest BCUT2D eigenvalue weighted by Crippen LogP contribution is -2.51. The third-order valence-corrected chi connectivity index (χ3v) is 7.66. The predicted octanol–water partition coefficient (Wildman–Crippen LogP) is 2.32. The van der Waals surface area contributed by atoms with Crippen molar-refractivity contribution >= 4 is 32.8 Å². The van der Waals surface area contributed by atoms with E-state index >= 15 is 0 Å². The molecule has 33 heavy (non-hydrogen) atoms. The van der Waals surface area contributed by atoms with E-state index < -0.39 is 16.0 Å². The van der Waals surface area contributed by atoms with Crippen molar-refractivity contribution in [2.75, 3.05) is 32.8 Å². The van der Waals surface area contributed by atoms with Gasteiger partial charge in [-0.1, -0.05) is 48.5 Å². The molecule has 1 aliphatic rings.